The van der Waals surface area contributed by atoms with Crippen molar-refractivity contribution in [2.45, 2.75) is 13.3 Å². The number of hydrazone groups is 1. The minimum atomic E-state index is -0.637. The van der Waals surface area contributed by atoms with Crippen LogP contribution in [0.25, 0.3) is 0 Å². The van der Waals surface area contributed by atoms with Gasteiger partial charge in [-0.05, 0) is 19.1 Å². The van der Waals surface area contributed by atoms with E-state index < -0.39 is 12.0 Å². The van der Waals surface area contributed by atoms with Crippen LogP contribution in [0.1, 0.15) is 17.5 Å². The van der Waals surface area contributed by atoms with Crippen molar-refractivity contribution in [3.05, 3.63) is 28.8 Å². The van der Waals surface area contributed by atoms with Crippen LogP contribution in [-0.2, 0) is 16.0 Å². The van der Waals surface area contributed by atoms with Gasteiger partial charge in [0.15, 0.2) is 11.5 Å². The van der Waals surface area contributed by atoms with Crippen LogP contribution in [0.15, 0.2) is 23.3 Å². The van der Waals surface area contributed by atoms with Crippen LogP contribution in [0.4, 0.5) is 9.93 Å². The number of phenolic OH excluding ortho intramolecular Hbond substituents is 1. The third kappa shape index (κ3) is 5.41. The van der Waals surface area contributed by atoms with Crippen molar-refractivity contribution in [2.24, 2.45) is 5.10 Å². The Hall–Kier alpha value is -3.21. The van der Waals surface area contributed by atoms with Crippen molar-refractivity contribution < 1.29 is 24.2 Å². The van der Waals surface area contributed by atoms with Gasteiger partial charge in [0.05, 0.1) is 26.4 Å². The Morgan fingerprint density at radius 3 is 2.92 bits per heavy atom. The van der Waals surface area contributed by atoms with Crippen molar-refractivity contribution in [3.8, 4) is 11.5 Å². The van der Waals surface area contributed by atoms with Gasteiger partial charge in [-0.25, -0.2) is 10.2 Å². The number of carbonyl (C=O) groups is 2. The molecule has 11 heteroatoms. The minimum Gasteiger partial charge on any atom is -0.504 e. The van der Waals surface area contributed by atoms with Crippen LogP contribution < -0.4 is 15.5 Å². The molecule has 0 aliphatic heterocycles. The van der Waals surface area contributed by atoms with Gasteiger partial charge in [-0.15, -0.1) is 10.2 Å². The third-order valence-electron chi connectivity index (χ3n) is 2.91. The molecule has 10 nitrogen and oxygen atoms in total. The third-order valence-corrected chi connectivity index (χ3v) is 3.74. The summed E-state index contributed by atoms with van der Waals surface area (Å²) < 4.78 is 9.70. The highest BCUT2D eigenvalue weighted by molar-refractivity contribution is 7.15. The number of hydrogen-bond donors (Lipinski definition) is 3. The number of aromatic hydroxyl groups is 1. The summed E-state index contributed by atoms with van der Waals surface area (Å²) in [4.78, 5) is 23.1. The van der Waals surface area contributed by atoms with E-state index in [-0.39, 0.29) is 23.9 Å². The van der Waals surface area contributed by atoms with E-state index >= 15 is 0 Å². The molecular weight excluding hydrogens is 362 g/mol. The average Bonchev–Trinajstić information content (AvgIpc) is 3.03. The standard InChI is InChI=1S/C15H17N5O5S/c1-3-25-15(23)17-14-20-19-12(26-14)7-11(21)18-16-8-9-5-4-6-10(24-2)13(9)22/h4-6,8,22H,3,7H2,1-2H3,(H,18,21)(H,17,20,23)/b16-8-. The zero-order valence-electron chi connectivity index (χ0n) is 14.1. The largest absolute Gasteiger partial charge is 0.504 e. The molecule has 0 saturated heterocycles. The van der Waals surface area contributed by atoms with Gasteiger partial charge < -0.3 is 14.6 Å². The predicted octanol–water partition coefficient (Wildman–Crippen LogP) is 1.51. The molecule has 2 amide bonds. The van der Waals surface area contributed by atoms with E-state index in [1.54, 1.807) is 25.1 Å². The van der Waals surface area contributed by atoms with Crippen molar-refractivity contribution in [1.29, 1.82) is 0 Å². The highest BCUT2D eigenvalue weighted by atomic mass is 32.1. The lowest BCUT2D eigenvalue weighted by atomic mass is 10.2. The number of aromatic nitrogens is 2. The zero-order chi connectivity index (χ0) is 18.9. The first-order chi connectivity index (χ1) is 12.5. The number of hydrogen-bond acceptors (Lipinski definition) is 9. The van der Waals surface area contributed by atoms with Crippen LogP contribution >= 0.6 is 11.3 Å². The van der Waals surface area contributed by atoms with E-state index in [4.69, 9.17) is 9.47 Å². The Labute approximate surface area is 152 Å². The van der Waals surface area contributed by atoms with Gasteiger partial charge in [0, 0.05) is 5.56 Å². The lowest BCUT2D eigenvalue weighted by Crippen LogP contribution is -2.19. The molecule has 0 spiro atoms. The van der Waals surface area contributed by atoms with Crippen LogP contribution in [-0.4, -0.2) is 47.2 Å². The summed E-state index contributed by atoms with van der Waals surface area (Å²) >= 11 is 1.05. The Morgan fingerprint density at radius 2 is 2.19 bits per heavy atom. The quantitative estimate of drug-likeness (QED) is 0.490. The second kappa shape index (κ2) is 9.32. The molecule has 1 heterocycles. The molecule has 0 saturated carbocycles. The molecule has 0 atom stereocenters. The molecule has 3 N–H and O–H groups in total. The summed E-state index contributed by atoms with van der Waals surface area (Å²) in [7, 11) is 1.44. The highest BCUT2D eigenvalue weighted by Crippen LogP contribution is 2.27. The van der Waals surface area contributed by atoms with Gasteiger partial charge in [-0.2, -0.15) is 5.10 Å². The maximum absolute atomic E-state index is 11.9. The molecule has 1 aromatic carbocycles. The fraction of sp³-hybridized carbons (Fsp3) is 0.267. The topological polar surface area (TPSA) is 135 Å². The summed E-state index contributed by atoms with van der Waals surface area (Å²) in [6.45, 7) is 1.92. The molecule has 0 unspecified atom stereocenters. The van der Waals surface area contributed by atoms with E-state index in [2.05, 4.69) is 26.0 Å². The molecule has 0 radical (unpaired) electrons. The van der Waals surface area contributed by atoms with Crippen LogP contribution in [0.3, 0.4) is 0 Å². The Morgan fingerprint density at radius 1 is 1.38 bits per heavy atom. The molecule has 0 bridgehead atoms. The summed E-state index contributed by atoms with van der Waals surface area (Å²) in [6, 6.07) is 4.90. The van der Waals surface area contributed by atoms with Crippen molar-refractivity contribution in [2.75, 3.05) is 19.0 Å². The van der Waals surface area contributed by atoms with E-state index in [1.807, 2.05) is 0 Å². The van der Waals surface area contributed by atoms with Crippen molar-refractivity contribution in [3.63, 3.8) is 0 Å². The van der Waals surface area contributed by atoms with E-state index in [9.17, 15) is 14.7 Å². The van der Waals surface area contributed by atoms with Gasteiger partial charge in [0.25, 0.3) is 0 Å². The molecular formula is C15H17N5O5S. The molecule has 0 aliphatic rings. The number of para-hydroxylation sites is 1. The zero-order valence-corrected chi connectivity index (χ0v) is 14.9. The molecule has 0 aliphatic carbocycles. The Bertz CT molecular complexity index is 807. The Balaban J connectivity index is 1.87. The van der Waals surface area contributed by atoms with E-state index in [0.29, 0.717) is 16.3 Å². The SMILES string of the molecule is CCOC(=O)Nc1nnc(CC(=O)N/N=C\c2cccc(OC)c2O)s1. The monoisotopic (exact) mass is 379 g/mol. The first-order valence-electron chi connectivity index (χ1n) is 7.47. The number of methoxy groups -OCH3 is 1. The highest BCUT2D eigenvalue weighted by Gasteiger charge is 2.11. The molecule has 2 aromatic rings. The number of nitrogens with zero attached hydrogens (tertiary/aromatic N) is 3. The maximum Gasteiger partial charge on any atom is 0.413 e. The average molecular weight is 379 g/mol. The Kier molecular flexibility index (Phi) is 6.85. The number of amides is 2. The van der Waals surface area contributed by atoms with Crippen LogP contribution in [0.2, 0.25) is 0 Å². The maximum atomic E-state index is 11.9. The molecule has 2 rings (SSSR count). The number of anilines is 1. The summed E-state index contributed by atoms with van der Waals surface area (Å²) in [5.41, 5.74) is 2.71. The fourth-order valence-corrected chi connectivity index (χ4v) is 2.51. The number of phenols is 1. The van der Waals surface area contributed by atoms with Gasteiger partial charge in [-0.3, -0.25) is 10.1 Å². The second-order valence-electron chi connectivity index (χ2n) is 4.71. The van der Waals surface area contributed by atoms with Gasteiger partial charge in [0.1, 0.15) is 5.01 Å². The van der Waals surface area contributed by atoms with Gasteiger partial charge in [-0.1, -0.05) is 17.4 Å². The van der Waals surface area contributed by atoms with Gasteiger partial charge >= 0.3 is 6.09 Å². The minimum absolute atomic E-state index is 0.0659. The lowest BCUT2D eigenvalue weighted by molar-refractivity contribution is -0.120. The summed E-state index contributed by atoms with van der Waals surface area (Å²) in [5, 5.41) is 24.3. The number of carbonyl (C=O) groups excluding carboxylic acids is 2. The van der Waals surface area contributed by atoms with Crippen LogP contribution in [0.5, 0.6) is 11.5 Å². The number of nitrogens with one attached hydrogen (secondary N) is 2. The summed E-state index contributed by atoms with van der Waals surface area (Å²) in [5.74, 6) is -0.204. The second-order valence-corrected chi connectivity index (χ2v) is 5.78. The smallest absolute Gasteiger partial charge is 0.413 e. The first kappa shape index (κ1) is 19.1. The predicted molar refractivity (Wildman–Crippen MR) is 94.7 cm³/mol. The fourth-order valence-electron chi connectivity index (χ4n) is 1.79. The first-order valence-corrected chi connectivity index (χ1v) is 8.29. The number of rotatable bonds is 7. The molecule has 26 heavy (non-hydrogen) atoms. The van der Waals surface area contributed by atoms with E-state index in [1.165, 1.54) is 13.3 Å². The number of ether oxygens (including phenoxy) is 2. The number of benzene rings is 1. The molecule has 1 aromatic heterocycles. The van der Waals surface area contributed by atoms with Crippen molar-refractivity contribution >= 4 is 34.7 Å². The van der Waals surface area contributed by atoms with Crippen molar-refractivity contribution in [1.82, 2.24) is 15.6 Å². The molecule has 0 fully saturated rings. The van der Waals surface area contributed by atoms with Gasteiger partial charge in [0.2, 0.25) is 11.0 Å². The van der Waals surface area contributed by atoms with E-state index in [0.717, 1.165) is 11.3 Å². The normalized spacial score (nSPS) is 10.5. The lowest BCUT2D eigenvalue weighted by Gasteiger charge is -2.04. The molecule has 138 valence electrons. The summed E-state index contributed by atoms with van der Waals surface area (Å²) in [6.07, 6.45) is 0.593. The van der Waals surface area contributed by atoms with Crippen LogP contribution in [0, 0.1) is 0 Å².